The lowest BCUT2D eigenvalue weighted by Gasteiger charge is -1.96. The summed E-state index contributed by atoms with van der Waals surface area (Å²) >= 11 is 0. The number of nitrogens with two attached hydrogens (primary N) is 1. The molecule has 4 nitrogen and oxygen atoms in total. The molecule has 0 rings (SSSR count). The predicted octanol–water partition coefficient (Wildman–Crippen LogP) is -1.22. The zero-order chi connectivity index (χ0) is 5.86. The molecular weight excluding hydrogens is 98.0 g/mol. The van der Waals surface area contributed by atoms with E-state index in [1.807, 2.05) is 0 Å². The van der Waals surface area contributed by atoms with Crippen molar-refractivity contribution < 1.29 is 14.7 Å². The van der Waals surface area contributed by atoms with Gasteiger partial charge in [-0.05, 0) is 6.92 Å². The minimum atomic E-state index is -1.12. The number of aliphatic hydroxyl groups is 1. The van der Waals surface area contributed by atoms with E-state index < -0.39 is 12.1 Å². The van der Waals surface area contributed by atoms with Crippen LogP contribution in [0, 0.1) is 0 Å². The molecule has 0 saturated heterocycles. The highest BCUT2D eigenvalue weighted by atomic mass is 16.7. The second-order valence-corrected chi connectivity index (χ2v) is 1.11. The van der Waals surface area contributed by atoms with Gasteiger partial charge in [-0.25, -0.2) is 4.79 Å². The van der Waals surface area contributed by atoms with Crippen molar-refractivity contribution in [1.82, 2.24) is 0 Å². The maximum atomic E-state index is 9.91. The van der Waals surface area contributed by atoms with Crippen molar-refractivity contribution in [3.63, 3.8) is 0 Å². The fraction of sp³-hybridized carbons (Fsp3) is 0.667. The molecule has 0 aromatic carbocycles. The minimum absolute atomic E-state index is 0.819. The van der Waals surface area contributed by atoms with Crippen molar-refractivity contribution in [2.75, 3.05) is 0 Å². The number of aliphatic hydroxyl groups excluding tert-OH is 1. The monoisotopic (exact) mass is 105 g/mol. The van der Waals surface area contributed by atoms with Gasteiger partial charge in [0.2, 0.25) is 0 Å². The lowest BCUT2D eigenvalue weighted by atomic mass is 10.4. The van der Waals surface area contributed by atoms with Gasteiger partial charge in [-0.1, -0.05) is 0 Å². The Bertz CT molecular complexity index is 70.6. The van der Waals surface area contributed by atoms with E-state index in [1.165, 1.54) is 6.92 Å². The van der Waals surface area contributed by atoms with Crippen LogP contribution in [0.3, 0.4) is 0 Å². The van der Waals surface area contributed by atoms with Gasteiger partial charge in [-0.2, -0.15) is 5.90 Å². The number of rotatable bonds is 1. The van der Waals surface area contributed by atoms with Crippen LogP contribution < -0.4 is 5.90 Å². The summed E-state index contributed by atoms with van der Waals surface area (Å²) in [5.74, 6) is 3.54. The van der Waals surface area contributed by atoms with Gasteiger partial charge in [0.25, 0.3) is 0 Å². The van der Waals surface area contributed by atoms with Gasteiger partial charge in [-0.15, -0.1) is 0 Å². The first-order valence-electron chi connectivity index (χ1n) is 1.77. The van der Waals surface area contributed by atoms with Gasteiger partial charge < -0.3 is 9.94 Å². The second-order valence-electron chi connectivity index (χ2n) is 1.11. The molecule has 0 bridgehead atoms. The van der Waals surface area contributed by atoms with E-state index in [2.05, 4.69) is 10.7 Å². The molecule has 4 heteroatoms. The summed E-state index contributed by atoms with van der Waals surface area (Å²) in [5, 5.41) is 8.27. The van der Waals surface area contributed by atoms with Crippen molar-refractivity contribution >= 4 is 5.97 Å². The Kier molecular flexibility index (Phi) is 2.32. The van der Waals surface area contributed by atoms with Crippen LogP contribution in [0.4, 0.5) is 0 Å². The Balaban J connectivity index is 3.35. The van der Waals surface area contributed by atoms with Crippen LogP contribution in [0.25, 0.3) is 0 Å². The van der Waals surface area contributed by atoms with Gasteiger partial charge in [0.1, 0.15) is 0 Å². The molecule has 42 valence electrons. The molecule has 0 aliphatic rings. The number of carbonyl (C=O) groups is 1. The van der Waals surface area contributed by atoms with E-state index in [9.17, 15) is 4.79 Å². The largest absolute Gasteiger partial charge is 0.382 e. The summed E-state index contributed by atoms with van der Waals surface area (Å²) in [6.45, 7) is 1.27. The maximum Gasteiger partial charge on any atom is 0.353 e. The average Bonchev–Trinajstić information content (AvgIpc) is 1.65. The lowest BCUT2D eigenvalue weighted by Crippen LogP contribution is -2.22. The molecule has 0 aliphatic heterocycles. The maximum absolute atomic E-state index is 9.91. The van der Waals surface area contributed by atoms with Gasteiger partial charge in [0, 0.05) is 0 Å². The molecule has 0 amide bonds. The first-order valence-corrected chi connectivity index (χ1v) is 1.77. The molecule has 0 aliphatic carbocycles. The van der Waals surface area contributed by atoms with Crippen LogP contribution in [-0.4, -0.2) is 17.2 Å². The van der Waals surface area contributed by atoms with Crippen molar-refractivity contribution in [1.29, 1.82) is 0 Å². The molecule has 1 atom stereocenters. The van der Waals surface area contributed by atoms with E-state index in [0.29, 0.717) is 0 Å². The number of carbonyl (C=O) groups excluding carboxylic acids is 1. The van der Waals surface area contributed by atoms with Crippen molar-refractivity contribution in [2.45, 2.75) is 13.0 Å². The number of hydrogen-bond acceptors (Lipinski definition) is 4. The summed E-state index contributed by atoms with van der Waals surface area (Å²) in [6, 6.07) is 0. The lowest BCUT2D eigenvalue weighted by molar-refractivity contribution is -0.153. The highest BCUT2D eigenvalue weighted by Crippen LogP contribution is 1.78. The third-order valence-electron chi connectivity index (χ3n) is 0.457. The van der Waals surface area contributed by atoms with Crippen LogP contribution in [0.15, 0.2) is 0 Å². The van der Waals surface area contributed by atoms with Crippen molar-refractivity contribution in [3.05, 3.63) is 0 Å². The quantitative estimate of drug-likeness (QED) is 0.410. The molecule has 0 aromatic rings. The topological polar surface area (TPSA) is 72.5 Å². The Labute approximate surface area is 40.8 Å². The molecule has 0 aromatic heterocycles. The Morgan fingerprint density at radius 1 is 2.00 bits per heavy atom. The van der Waals surface area contributed by atoms with Crippen LogP contribution >= 0.6 is 0 Å². The molecular formula is C3H7NO3. The zero-order valence-electron chi connectivity index (χ0n) is 3.92. The summed E-state index contributed by atoms with van der Waals surface area (Å²) < 4.78 is 0. The molecule has 0 radical (unpaired) electrons. The normalized spacial score (nSPS) is 13.0. The van der Waals surface area contributed by atoms with Gasteiger partial charge >= 0.3 is 5.97 Å². The molecule has 0 fully saturated rings. The summed E-state index contributed by atoms with van der Waals surface area (Å²) in [4.78, 5) is 13.5. The summed E-state index contributed by atoms with van der Waals surface area (Å²) in [7, 11) is 0. The Hall–Kier alpha value is -0.610. The molecule has 7 heavy (non-hydrogen) atoms. The third kappa shape index (κ3) is 2.13. The molecule has 0 spiro atoms. The fourth-order valence-corrected chi connectivity index (χ4v) is 0.0985. The van der Waals surface area contributed by atoms with Crippen molar-refractivity contribution in [3.8, 4) is 0 Å². The molecule has 0 heterocycles. The van der Waals surface area contributed by atoms with Gasteiger partial charge in [0.15, 0.2) is 6.10 Å². The number of hydrogen-bond donors (Lipinski definition) is 2. The minimum Gasteiger partial charge on any atom is -0.382 e. The smallest absolute Gasteiger partial charge is 0.353 e. The van der Waals surface area contributed by atoms with E-state index in [4.69, 9.17) is 5.11 Å². The second kappa shape index (κ2) is 2.54. The Morgan fingerprint density at radius 3 is 2.43 bits per heavy atom. The van der Waals surface area contributed by atoms with Gasteiger partial charge in [-0.3, -0.25) is 0 Å². The summed E-state index contributed by atoms with van der Waals surface area (Å²) in [5.41, 5.74) is 0. The van der Waals surface area contributed by atoms with Crippen LogP contribution in [-0.2, 0) is 9.63 Å². The van der Waals surface area contributed by atoms with Crippen LogP contribution in [0.2, 0.25) is 0 Å². The van der Waals surface area contributed by atoms with E-state index >= 15 is 0 Å². The fourth-order valence-electron chi connectivity index (χ4n) is 0.0985. The first kappa shape index (κ1) is 6.39. The third-order valence-corrected chi connectivity index (χ3v) is 0.457. The zero-order valence-corrected chi connectivity index (χ0v) is 3.92. The standard InChI is InChI=1S/C3H7NO3/c1-2(5)3(6)7-4/h2,5H,4H2,1H3. The van der Waals surface area contributed by atoms with Crippen LogP contribution in [0.5, 0.6) is 0 Å². The highest BCUT2D eigenvalue weighted by Gasteiger charge is 2.06. The van der Waals surface area contributed by atoms with Crippen LogP contribution in [0.1, 0.15) is 6.92 Å². The Morgan fingerprint density at radius 2 is 2.43 bits per heavy atom. The SMILES string of the molecule is CC(O)C(=O)ON. The highest BCUT2D eigenvalue weighted by molar-refractivity contribution is 5.73. The van der Waals surface area contributed by atoms with E-state index in [-0.39, 0.29) is 0 Å². The van der Waals surface area contributed by atoms with E-state index in [1.54, 1.807) is 0 Å². The van der Waals surface area contributed by atoms with Gasteiger partial charge in [0.05, 0.1) is 0 Å². The molecule has 1 unspecified atom stereocenters. The van der Waals surface area contributed by atoms with Crippen molar-refractivity contribution in [2.24, 2.45) is 5.90 Å². The summed E-state index contributed by atoms with van der Waals surface area (Å²) in [6.07, 6.45) is -1.12. The average molecular weight is 105 g/mol. The van der Waals surface area contributed by atoms with E-state index in [0.717, 1.165) is 0 Å². The first-order chi connectivity index (χ1) is 3.18. The molecule has 0 saturated carbocycles. The molecule has 3 N–H and O–H groups in total. The predicted molar refractivity (Wildman–Crippen MR) is 22.0 cm³/mol.